The van der Waals surface area contributed by atoms with Crippen LogP contribution in [0.1, 0.15) is 37.7 Å². The molecule has 1 fully saturated rings. The van der Waals surface area contributed by atoms with Gasteiger partial charge in [-0.3, -0.25) is 0 Å². The van der Waals surface area contributed by atoms with Crippen LogP contribution in [0.4, 0.5) is 0 Å². The number of nitrogens with one attached hydrogen (secondary N) is 1. The van der Waals surface area contributed by atoms with Gasteiger partial charge in [-0.15, -0.1) is 0 Å². The topological polar surface area (TPSA) is 21.3 Å². The molecule has 1 N–H and O–H groups in total. The summed E-state index contributed by atoms with van der Waals surface area (Å²) in [6.07, 6.45) is 3.71. The van der Waals surface area contributed by atoms with Crippen molar-refractivity contribution in [1.82, 2.24) is 5.32 Å². The fraction of sp³-hybridized carbons (Fsp3) is 0.600. The maximum absolute atomic E-state index is 5.85. The fourth-order valence-corrected chi connectivity index (χ4v) is 2.62. The summed E-state index contributed by atoms with van der Waals surface area (Å²) in [5.74, 6) is 2.57. The van der Waals surface area contributed by atoms with Crippen LogP contribution in [0.5, 0.6) is 5.75 Å². The molecule has 2 rings (SSSR count). The van der Waals surface area contributed by atoms with Crippen LogP contribution in [0.15, 0.2) is 24.3 Å². The Morgan fingerprint density at radius 3 is 2.76 bits per heavy atom. The lowest BCUT2D eigenvalue weighted by Crippen LogP contribution is -2.32. The minimum atomic E-state index is 0.690. The summed E-state index contributed by atoms with van der Waals surface area (Å²) in [4.78, 5) is 0. The Morgan fingerprint density at radius 1 is 1.29 bits per heavy atom. The number of hydrogen-bond acceptors (Lipinski definition) is 2. The van der Waals surface area contributed by atoms with Crippen LogP contribution in [-0.2, 0) is 0 Å². The zero-order valence-electron chi connectivity index (χ0n) is 10.9. The lowest BCUT2D eigenvalue weighted by atomic mass is 9.69. The van der Waals surface area contributed by atoms with Gasteiger partial charge in [0.05, 0.1) is 6.61 Å². The second kappa shape index (κ2) is 6.06. The molecule has 2 heteroatoms. The van der Waals surface area contributed by atoms with Gasteiger partial charge in [-0.05, 0) is 56.3 Å². The molecule has 0 amide bonds. The number of hydrogen-bond donors (Lipinski definition) is 1. The maximum atomic E-state index is 5.85. The van der Waals surface area contributed by atoms with E-state index in [0.29, 0.717) is 5.92 Å². The molecule has 0 aliphatic heterocycles. The first-order valence-corrected chi connectivity index (χ1v) is 6.73. The van der Waals surface area contributed by atoms with Gasteiger partial charge in [-0.25, -0.2) is 0 Å². The third kappa shape index (κ3) is 2.81. The molecule has 0 bridgehead atoms. The molecule has 1 aliphatic rings. The molecule has 0 saturated heterocycles. The van der Waals surface area contributed by atoms with Crippen LogP contribution in [0, 0.1) is 5.92 Å². The van der Waals surface area contributed by atoms with E-state index in [1.807, 2.05) is 7.05 Å². The van der Waals surface area contributed by atoms with Crippen molar-refractivity contribution in [3.63, 3.8) is 0 Å². The summed E-state index contributed by atoms with van der Waals surface area (Å²) in [6, 6.07) is 8.54. The summed E-state index contributed by atoms with van der Waals surface area (Å²) in [6.45, 7) is 4.09. The van der Waals surface area contributed by atoms with Crippen LogP contribution < -0.4 is 10.1 Å². The molecule has 0 spiro atoms. The molecule has 94 valence electrons. The first-order chi connectivity index (χ1) is 8.36. The molecule has 17 heavy (non-hydrogen) atoms. The molecule has 0 heterocycles. The van der Waals surface area contributed by atoms with Crippen molar-refractivity contribution in [3.05, 3.63) is 29.8 Å². The van der Waals surface area contributed by atoms with Crippen molar-refractivity contribution in [2.24, 2.45) is 5.92 Å². The molecule has 1 aromatic rings. The average molecular weight is 233 g/mol. The standard InChI is InChI=1S/C15H23NO/c1-3-10-17-15-7-5-4-6-14(15)13-9-8-12(13)11-16-2/h4-7,12-13,16H,3,8-11H2,1-2H3. The highest BCUT2D eigenvalue weighted by molar-refractivity contribution is 5.38. The highest BCUT2D eigenvalue weighted by atomic mass is 16.5. The molecule has 2 unspecified atom stereocenters. The zero-order chi connectivity index (χ0) is 12.1. The van der Waals surface area contributed by atoms with Crippen LogP contribution in [-0.4, -0.2) is 20.2 Å². The van der Waals surface area contributed by atoms with Crippen LogP contribution in [0.2, 0.25) is 0 Å². The Kier molecular flexibility index (Phi) is 4.43. The molecule has 2 nitrogen and oxygen atoms in total. The predicted octanol–water partition coefficient (Wildman–Crippen LogP) is 3.19. The van der Waals surface area contributed by atoms with Crippen molar-refractivity contribution in [2.45, 2.75) is 32.1 Å². The molecule has 0 radical (unpaired) electrons. The Bertz CT molecular complexity index is 351. The Labute approximate surface area is 104 Å². The van der Waals surface area contributed by atoms with Crippen molar-refractivity contribution in [1.29, 1.82) is 0 Å². The Balaban J connectivity index is 2.08. The molecule has 1 saturated carbocycles. The fourth-order valence-electron chi connectivity index (χ4n) is 2.62. The molecule has 1 aliphatic carbocycles. The van der Waals surface area contributed by atoms with Crippen LogP contribution >= 0.6 is 0 Å². The number of rotatable bonds is 6. The summed E-state index contributed by atoms with van der Waals surface area (Å²) < 4.78 is 5.85. The van der Waals surface area contributed by atoms with Gasteiger partial charge < -0.3 is 10.1 Å². The van der Waals surface area contributed by atoms with Crippen molar-refractivity contribution in [3.8, 4) is 5.75 Å². The highest BCUT2D eigenvalue weighted by Crippen LogP contribution is 2.45. The van der Waals surface area contributed by atoms with Crippen molar-refractivity contribution < 1.29 is 4.74 Å². The van der Waals surface area contributed by atoms with E-state index < -0.39 is 0 Å². The first kappa shape index (κ1) is 12.4. The summed E-state index contributed by atoms with van der Waals surface area (Å²) >= 11 is 0. The van der Waals surface area contributed by atoms with Crippen LogP contribution in [0.25, 0.3) is 0 Å². The number of ether oxygens (including phenoxy) is 1. The minimum Gasteiger partial charge on any atom is -0.493 e. The zero-order valence-corrected chi connectivity index (χ0v) is 10.9. The van der Waals surface area contributed by atoms with Gasteiger partial charge in [0.2, 0.25) is 0 Å². The van der Waals surface area contributed by atoms with E-state index in [4.69, 9.17) is 4.74 Å². The van der Waals surface area contributed by atoms with E-state index in [-0.39, 0.29) is 0 Å². The third-order valence-corrected chi connectivity index (χ3v) is 3.66. The van der Waals surface area contributed by atoms with Crippen molar-refractivity contribution in [2.75, 3.05) is 20.2 Å². The number of para-hydroxylation sites is 1. The van der Waals surface area contributed by atoms with Gasteiger partial charge >= 0.3 is 0 Å². The molecule has 0 aromatic heterocycles. The van der Waals surface area contributed by atoms with E-state index >= 15 is 0 Å². The molecule has 1 aromatic carbocycles. The Morgan fingerprint density at radius 2 is 2.12 bits per heavy atom. The van der Waals surface area contributed by atoms with E-state index in [1.54, 1.807) is 0 Å². The summed E-state index contributed by atoms with van der Waals surface area (Å²) in [5.41, 5.74) is 1.41. The van der Waals surface area contributed by atoms with Crippen molar-refractivity contribution >= 4 is 0 Å². The average Bonchev–Trinajstić information content (AvgIpc) is 2.33. The van der Waals surface area contributed by atoms with Gasteiger partial charge in [0.25, 0.3) is 0 Å². The second-order valence-corrected chi connectivity index (χ2v) is 4.89. The predicted molar refractivity (Wildman–Crippen MR) is 71.6 cm³/mol. The SMILES string of the molecule is CCCOc1ccccc1C1CCC1CNC. The summed E-state index contributed by atoms with van der Waals surface area (Å²) in [5, 5.41) is 3.29. The van der Waals surface area contributed by atoms with E-state index in [2.05, 4.69) is 36.5 Å². The first-order valence-electron chi connectivity index (χ1n) is 6.73. The lowest BCUT2D eigenvalue weighted by Gasteiger charge is -2.37. The smallest absolute Gasteiger partial charge is 0.122 e. The molecular formula is C15H23NO. The number of benzene rings is 1. The van der Waals surface area contributed by atoms with E-state index in [0.717, 1.165) is 31.2 Å². The van der Waals surface area contributed by atoms with E-state index in [1.165, 1.54) is 18.4 Å². The molecule has 2 atom stereocenters. The van der Waals surface area contributed by atoms with Gasteiger partial charge in [-0.1, -0.05) is 25.1 Å². The van der Waals surface area contributed by atoms with Crippen LogP contribution in [0.3, 0.4) is 0 Å². The van der Waals surface area contributed by atoms with Gasteiger partial charge in [-0.2, -0.15) is 0 Å². The quantitative estimate of drug-likeness (QED) is 0.814. The normalized spacial score (nSPS) is 23.2. The van der Waals surface area contributed by atoms with Gasteiger partial charge in [0, 0.05) is 0 Å². The van der Waals surface area contributed by atoms with Gasteiger partial charge in [0.1, 0.15) is 5.75 Å². The van der Waals surface area contributed by atoms with E-state index in [9.17, 15) is 0 Å². The highest BCUT2D eigenvalue weighted by Gasteiger charge is 2.33. The third-order valence-electron chi connectivity index (χ3n) is 3.66. The Hall–Kier alpha value is -1.02. The largest absolute Gasteiger partial charge is 0.493 e. The second-order valence-electron chi connectivity index (χ2n) is 4.89. The minimum absolute atomic E-state index is 0.690. The lowest BCUT2D eigenvalue weighted by molar-refractivity contribution is 0.238. The van der Waals surface area contributed by atoms with Gasteiger partial charge in [0.15, 0.2) is 0 Å². The molecular weight excluding hydrogens is 210 g/mol. The monoisotopic (exact) mass is 233 g/mol. The summed E-state index contributed by atoms with van der Waals surface area (Å²) in [7, 11) is 2.04. The maximum Gasteiger partial charge on any atom is 0.122 e.